The average molecular weight is 572 g/mol. The van der Waals surface area contributed by atoms with Crippen molar-refractivity contribution < 1.29 is 27.9 Å². The molecular weight excluding hydrogens is 543 g/mol. The number of carboxylic acids is 1. The van der Waals surface area contributed by atoms with Crippen molar-refractivity contribution in [2.24, 2.45) is 0 Å². The van der Waals surface area contributed by atoms with Crippen LogP contribution in [0.15, 0.2) is 48.7 Å². The predicted octanol–water partition coefficient (Wildman–Crippen LogP) is 5.64. The largest absolute Gasteiger partial charge is 0.481 e. The third-order valence-electron chi connectivity index (χ3n) is 6.53. The first-order valence-electron chi connectivity index (χ1n) is 12.5. The van der Waals surface area contributed by atoms with Crippen LogP contribution in [-0.4, -0.2) is 63.7 Å². The number of carboxylic acid groups (broad SMARTS) is 1. The summed E-state index contributed by atoms with van der Waals surface area (Å²) in [7, 11) is 3.77. The Morgan fingerprint density at radius 3 is 2.67 bits per heavy atom. The lowest BCUT2D eigenvalue weighted by atomic mass is 9.84. The van der Waals surface area contributed by atoms with Gasteiger partial charge in [-0.15, -0.1) is 0 Å². The van der Waals surface area contributed by atoms with Crippen molar-refractivity contribution in [3.8, 4) is 11.1 Å². The van der Waals surface area contributed by atoms with Crippen LogP contribution in [0.1, 0.15) is 40.5 Å². The predicted molar refractivity (Wildman–Crippen MR) is 145 cm³/mol. The average Bonchev–Trinajstić information content (AvgIpc) is 3.52. The van der Waals surface area contributed by atoms with Gasteiger partial charge >= 0.3 is 12.1 Å². The number of aliphatic carboxylic acids is 1. The molecule has 3 heterocycles. The third-order valence-corrected chi connectivity index (χ3v) is 7.56. The molecule has 4 rings (SSSR count). The fourth-order valence-electron chi connectivity index (χ4n) is 4.74. The van der Waals surface area contributed by atoms with Crippen LogP contribution >= 0.6 is 11.3 Å². The number of hydrogen-bond acceptors (Lipinski definition) is 5. The molecule has 2 aromatic heterocycles. The smallest absolute Gasteiger partial charge is 0.435 e. The van der Waals surface area contributed by atoms with Gasteiger partial charge in [0.1, 0.15) is 0 Å². The number of benzene rings is 1. The summed E-state index contributed by atoms with van der Waals surface area (Å²) in [5.41, 5.74) is 0.562. The Morgan fingerprint density at radius 1 is 1.25 bits per heavy atom. The van der Waals surface area contributed by atoms with Crippen LogP contribution < -0.4 is 0 Å². The van der Waals surface area contributed by atoms with Crippen LogP contribution in [-0.2, 0) is 28.9 Å². The summed E-state index contributed by atoms with van der Waals surface area (Å²) in [5, 5.41) is 13.1. The van der Waals surface area contributed by atoms with Gasteiger partial charge in [-0.2, -0.15) is 29.6 Å². The Labute approximate surface area is 233 Å². The number of likely N-dealkylation sites (N-methyl/N-ethyl adjacent to an activating group) is 1. The summed E-state index contributed by atoms with van der Waals surface area (Å²) in [6.07, 6.45) is -0.232. The molecule has 0 unspecified atom stereocenters. The van der Waals surface area contributed by atoms with Crippen LogP contribution in [0.3, 0.4) is 0 Å². The fraction of sp³-hybridized carbons (Fsp3) is 0.357. The topological polar surface area (TPSA) is 83.0 Å². The first-order chi connectivity index (χ1) is 19.0. The van der Waals surface area contributed by atoms with Crippen LogP contribution in [0, 0.1) is 6.57 Å². The number of thiophene rings is 1. The quantitative estimate of drug-likeness (QED) is 0.266. The summed E-state index contributed by atoms with van der Waals surface area (Å²) in [5.74, 6) is -1.71. The molecule has 1 amide bonds. The third kappa shape index (κ3) is 6.60. The number of amides is 1. The molecule has 1 aliphatic heterocycles. The molecule has 1 atom stereocenters. The van der Waals surface area contributed by atoms with E-state index in [1.807, 2.05) is 19.0 Å². The van der Waals surface area contributed by atoms with Crippen LogP contribution in [0.2, 0.25) is 0 Å². The molecule has 0 fully saturated rings. The molecule has 0 saturated heterocycles. The highest BCUT2D eigenvalue weighted by atomic mass is 32.1. The number of carbonyl (C=O) groups excluding carboxylic acids is 1. The van der Waals surface area contributed by atoms with Gasteiger partial charge in [-0.3, -0.25) is 14.3 Å². The number of aromatic nitrogens is 2. The molecule has 0 saturated carbocycles. The molecular formula is C28H28F3N5O3S. The zero-order valence-electron chi connectivity index (χ0n) is 22.0. The Hall–Kier alpha value is -3.95. The van der Waals surface area contributed by atoms with E-state index in [0.717, 1.165) is 15.1 Å². The zero-order valence-corrected chi connectivity index (χ0v) is 22.8. The van der Waals surface area contributed by atoms with Gasteiger partial charge in [0.25, 0.3) is 0 Å². The first kappa shape index (κ1) is 29.0. The van der Waals surface area contributed by atoms with Crippen LogP contribution in [0.4, 0.5) is 18.2 Å². The Kier molecular flexibility index (Phi) is 8.76. The van der Waals surface area contributed by atoms with E-state index in [1.165, 1.54) is 23.6 Å². The van der Waals surface area contributed by atoms with Crippen molar-refractivity contribution in [3.05, 3.63) is 81.8 Å². The highest BCUT2D eigenvalue weighted by Crippen LogP contribution is 2.45. The van der Waals surface area contributed by atoms with Gasteiger partial charge in [-0.25, -0.2) is 4.85 Å². The van der Waals surface area contributed by atoms with Crippen LogP contribution in [0.25, 0.3) is 16.0 Å². The number of hydrogen-bond donors (Lipinski definition) is 1. The van der Waals surface area contributed by atoms with E-state index in [1.54, 1.807) is 41.3 Å². The summed E-state index contributed by atoms with van der Waals surface area (Å²) in [6.45, 7) is 8.63. The van der Waals surface area contributed by atoms with E-state index in [9.17, 15) is 22.8 Å². The molecule has 1 N–H and O–H groups in total. The van der Waals surface area contributed by atoms with E-state index < -0.39 is 23.8 Å². The normalized spacial score (nSPS) is 15.4. The summed E-state index contributed by atoms with van der Waals surface area (Å²) < 4.78 is 43.5. The maximum absolute atomic E-state index is 14.1. The molecule has 0 aliphatic carbocycles. The molecule has 12 heteroatoms. The Morgan fingerprint density at radius 2 is 2.00 bits per heavy atom. The Bertz CT molecular complexity index is 1470. The lowest BCUT2D eigenvalue weighted by Crippen LogP contribution is -2.37. The summed E-state index contributed by atoms with van der Waals surface area (Å²) in [4.78, 5) is 31.9. The standard InChI is InChI=1S/C28H28F3N5O3S/c1-32-24-14-20-21(15-35(17-23(20)40-24)25(37)10-6-12-34(2)3)18-8-4-5-9-19(18)22-16-36(13-7-11-26(38)39)33-27(22)28(29,30)31/h4-6,8-10,14,16,21H,7,11-13,15,17H2,2-3H3,(H,38,39)/b10-6+/t21-/m0/s1. The minimum Gasteiger partial charge on any atom is -0.481 e. The van der Waals surface area contributed by atoms with Gasteiger partial charge < -0.3 is 14.9 Å². The van der Waals surface area contributed by atoms with Crippen molar-refractivity contribution in [3.63, 3.8) is 0 Å². The van der Waals surface area contributed by atoms with Crippen molar-refractivity contribution >= 4 is 28.2 Å². The minimum absolute atomic E-state index is 0.0194. The van der Waals surface area contributed by atoms with Crippen molar-refractivity contribution in [2.75, 3.05) is 27.2 Å². The number of fused-ring (bicyclic) bond motifs is 1. The van der Waals surface area contributed by atoms with E-state index in [2.05, 4.69) is 9.94 Å². The van der Waals surface area contributed by atoms with E-state index in [0.29, 0.717) is 29.2 Å². The molecule has 0 radical (unpaired) electrons. The summed E-state index contributed by atoms with van der Waals surface area (Å²) >= 11 is 1.28. The molecule has 40 heavy (non-hydrogen) atoms. The zero-order chi connectivity index (χ0) is 29.0. The molecule has 8 nitrogen and oxygen atoms in total. The lowest BCUT2D eigenvalue weighted by Gasteiger charge is -2.34. The lowest BCUT2D eigenvalue weighted by molar-refractivity contribution is -0.141. The van der Waals surface area contributed by atoms with Crippen molar-refractivity contribution in [1.29, 1.82) is 0 Å². The second-order valence-electron chi connectivity index (χ2n) is 9.75. The first-order valence-corrected chi connectivity index (χ1v) is 13.4. The maximum atomic E-state index is 14.1. The van der Waals surface area contributed by atoms with Gasteiger partial charge in [0.15, 0.2) is 5.69 Å². The van der Waals surface area contributed by atoms with Crippen molar-refractivity contribution in [2.45, 2.75) is 38.0 Å². The molecule has 1 aliphatic rings. The fourth-order valence-corrected chi connectivity index (χ4v) is 5.77. The number of carbonyl (C=O) groups is 2. The molecule has 1 aromatic carbocycles. The number of rotatable bonds is 9. The molecule has 3 aromatic rings. The van der Waals surface area contributed by atoms with Crippen LogP contribution in [0.5, 0.6) is 0 Å². The van der Waals surface area contributed by atoms with Gasteiger partial charge in [0.05, 0.1) is 13.1 Å². The van der Waals surface area contributed by atoms with E-state index in [-0.39, 0.29) is 37.4 Å². The van der Waals surface area contributed by atoms with Gasteiger partial charge in [-0.1, -0.05) is 30.3 Å². The number of halogens is 3. The second kappa shape index (κ2) is 12.1. The minimum atomic E-state index is -4.74. The van der Waals surface area contributed by atoms with Gasteiger partial charge in [0.2, 0.25) is 10.9 Å². The number of alkyl halides is 3. The Balaban J connectivity index is 1.77. The maximum Gasteiger partial charge on any atom is 0.435 e. The SMILES string of the molecule is [C-]#[N+]c1cc2c(s1)CN(C(=O)/C=C/CN(C)C)C[C@H]2c1ccccc1-c1cn(CCCC(=O)O)nc1C(F)(F)F. The van der Waals surface area contributed by atoms with Gasteiger partial charge in [0, 0.05) is 54.7 Å². The van der Waals surface area contributed by atoms with Crippen molar-refractivity contribution in [1.82, 2.24) is 19.6 Å². The number of aryl methyl sites for hydroxylation is 1. The monoisotopic (exact) mass is 571 g/mol. The van der Waals surface area contributed by atoms with E-state index >= 15 is 0 Å². The second-order valence-corrected chi connectivity index (χ2v) is 10.9. The summed E-state index contributed by atoms with van der Waals surface area (Å²) in [6, 6.07) is 8.50. The van der Waals surface area contributed by atoms with E-state index in [4.69, 9.17) is 11.7 Å². The number of nitrogens with zero attached hydrogens (tertiary/aromatic N) is 5. The highest BCUT2D eigenvalue weighted by molar-refractivity contribution is 7.16. The molecule has 0 bridgehead atoms. The molecule has 210 valence electrons. The highest BCUT2D eigenvalue weighted by Gasteiger charge is 2.39. The van der Waals surface area contributed by atoms with Gasteiger partial charge in [-0.05, 0) is 43.3 Å². The molecule has 0 spiro atoms.